The molecule has 1 aromatic rings. The number of nitrogens with one attached hydrogen (secondary N) is 1. The van der Waals surface area contributed by atoms with Crippen LogP contribution in [0.1, 0.15) is 19.4 Å². The molecule has 0 aromatic heterocycles. The average molecular weight is 220 g/mol. The molecule has 0 bridgehead atoms. The molecule has 0 amide bonds. The minimum atomic E-state index is 0.217. The molecule has 88 valence electrons. The summed E-state index contributed by atoms with van der Waals surface area (Å²) in [5, 5.41) is 0. The summed E-state index contributed by atoms with van der Waals surface area (Å²) in [6.07, 6.45) is 0. The summed E-state index contributed by atoms with van der Waals surface area (Å²) in [6.45, 7) is 4.04. The highest BCUT2D eigenvalue weighted by atomic mass is 15.3. The number of amidine groups is 1. The Kier molecular flexibility index (Phi) is 4.31. The molecule has 0 aliphatic rings. The molecule has 0 atom stereocenters. The Bertz CT molecular complexity index is 369. The summed E-state index contributed by atoms with van der Waals surface area (Å²) in [7, 11) is 4.02. The van der Waals surface area contributed by atoms with Crippen molar-refractivity contribution in [3.8, 4) is 0 Å². The lowest BCUT2D eigenvalue weighted by molar-refractivity contribution is 0.820. The highest BCUT2D eigenvalue weighted by molar-refractivity contribution is 5.99. The Morgan fingerprint density at radius 2 is 2.06 bits per heavy atom. The van der Waals surface area contributed by atoms with E-state index in [1.54, 1.807) is 0 Å². The number of benzene rings is 1. The van der Waals surface area contributed by atoms with Crippen molar-refractivity contribution in [3.63, 3.8) is 0 Å². The zero-order chi connectivity index (χ0) is 12.1. The van der Waals surface area contributed by atoms with Gasteiger partial charge in [-0.2, -0.15) is 0 Å². The third-order valence-electron chi connectivity index (χ3n) is 2.16. The summed E-state index contributed by atoms with van der Waals surface area (Å²) in [6, 6.07) is 8.31. The van der Waals surface area contributed by atoms with Crippen molar-refractivity contribution in [2.24, 2.45) is 10.8 Å². The maximum absolute atomic E-state index is 5.48. The number of rotatable bonds is 3. The minimum Gasteiger partial charge on any atom is -0.378 e. The monoisotopic (exact) mass is 220 g/mol. The predicted octanol–water partition coefficient (Wildman–Crippen LogP) is 1.37. The highest BCUT2D eigenvalue weighted by Crippen LogP contribution is 2.13. The summed E-state index contributed by atoms with van der Waals surface area (Å²) in [5.74, 6) is 6.21. The fraction of sp³-hybridized carbons (Fsp3) is 0.417. The van der Waals surface area contributed by atoms with E-state index in [9.17, 15) is 0 Å². The zero-order valence-corrected chi connectivity index (χ0v) is 10.4. The molecule has 0 spiro atoms. The van der Waals surface area contributed by atoms with E-state index in [2.05, 4.69) is 16.5 Å². The van der Waals surface area contributed by atoms with Crippen molar-refractivity contribution in [1.82, 2.24) is 5.43 Å². The standard InChI is InChI=1S/C12H20N4/c1-9(2)14-12(15-13)10-6-5-7-11(8-10)16(3)4/h5-9H,13H2,1-4H3,(H,14,15). The van der Waals surface area contributed by atoms with Gasteiger partial charge >= 0.3 is 0 Å². The average Bonchev–Trinajstić information content (AvgIpc) is 2.25. The largest absolute Gasteiger partial charge is 0.378 e. The Labute approximate surface area is 97.1 Å². The van der Waals surface area contributed by atoms with Gasteiger partial charge in [0.1, 0.15) is 5.84 Å². The molecule has 4 nitrogen and oxygen atoms in total. The van der Waals surface area contributed by atoms with E-state index in [0.29, 0.717) is 0 Å². The number of nitrogens with zero attached hydrogens (tertiary/aromatic N) is 2. The van der Waals surface area contributed by atoms with Crippen LogP contribution in [0.2, 0.25) is 0 Å². The van der Waals surface area contributed by atoms with Gasteiger partial charge in [0.25, 0.3) is 0 Å². The van der Waals surface area contributed by atoms with Crippen LogP contribution in [0.5, 0.6) is 0 Å². The lowest BCUT2D eigenvalue weighted by atomic mass is 10.1. The van der Waals surface area contributed by atoms with Crippen molar-refractivity contribution < 1.29 is 0 Å². The number of anilines is 1. The molecule has 1 aromatic carbocycles. The molecule has 0 radical (unpaired) electrons. The maximum Gasteiger partial charge on any atom is 0.142 e. The van der Waals surface area contributed by atoms with E-state index < -0.39 is 0 Å². The molecule has 1 rings (SSSR count). The number of hydrogen-bond donors (Lipinski definition) is 2. The minimum absolute atomic E-state index is 0.217. The van der Waals surface area contributed by atoms with Crippen LogP contribution in [0.25, 0.3) is 0 Å². The normalized spacial score (nSPS) is 11.8. The summed E-state index contributed by atoms with van der Waals surface area (Å²) in [5.41, 5.74) is 4.78. The molecule has 16 heavy (non-hydrogen) atoms. The van der Waals surface area contributed by atoms with Crippen molar-refractivity contribution in [3.05, 3.63) is 29.8 Å². The SMILES string of the molecule is CC(C)N=C(NN)c1cccc(N(C)C)c1. The van der Waals surface area contributed by atoms with Crippen LogP contribution in [0, 0.1) is 0 Å². The molecule has 4 heteroatoms. The van der Waals surface area contributed by atoms with Crippen LogP contribution in [0.4, 0.5) is 5.69 Å². The van der Waals surface area contributed by atoms with Crippen LogP contribution in [0.3, 0.4) is 0 Å². The first kappa shape index (κ1) is 12.5. The number of hydrazine groups is 1. The second-order valence-corrected chi connectivity index (χ2v) is 4.16. The van der Waals surface area contributed by atoms with E-state index in [-0.39, 0.29) is 6.04 Å². The Balaban J connectivity index is 3.06. The maximum atomic E-state index is 5.48. The number of nitrogens with two attached hydrogens (primary N) is 1. The van der Waals surface area contributed by atoms with Gasteiger partial charge < -0.3 is 10.3 Å². The smallest absolute Gasteiger partial charge is 0.142 e. The number of hydrogen-bond acceptors (Lipinski definition) is 3. The molecular formula is C12H20N4. The quantitative estimate of drug-likeness (QED) is 0.350. The molecule has 0 saturated carbocycles. The number of aliphatic imine (C=N–C) groups is 1. The van der Waals surface area contributed by atoms with E-state index in [1.807, 2.05) is 51.0 Å². The van der Waals surface area contributed by atoms with E-state index in [1.165, 1.54) is 0 Å². The van der Waals surface area contributed by atoms with Crippen molar-refractivity contribution in [1.29, 1.82) is 0 Å². The van der Waals surface area contributed by atoms with E-state index >= 15 is 0 Å². The molecule has 0 aliphatic heterocycles. The van der Waals surface area contributed by atoms with E-state index in [0.717, 1.165) is 17.1 Å². The Morgan fingerprint density at radius 3 is 2.56 bits per heavy atom. The van der Waals surface area contributed by atoms with Gasteiger partial charge in [-0.05, 0) is 26.0 Å². The van der Waals surface area contributed by atoms with Gasteiger partial charge in [-0.15, -0.1) is 0 Å². The fourth-order valence-corrected chi connectivity index (χ4v) is 1.38. The van der Waals surface area contributed by atoms with Gasteiger partial charge in [-0.3, -0.25) is 4.99 Å². The lowest BCUT2D eigenvalue weighted by Crippen LogP contribution is -2.32. The van der Waals surface area contributed by atoms with Crippen LogP contribution < -0.4 is 16.2 Å². The first-order valence-corrected chi connectivity index (χ1v) is 5.36. The molecule has 0 fully saturated rings. The van der Waals surface area contributed by atoms with Crippen LogP contribution in [-0.2, 0) is 0 Å². The molecule has 3 N–H and O–H groups in total. The van der Waals surface area contributed by atoms with Gasteiger partial charge in [0.2, 0.25) is 0 Å². The summed E-state index contributed by atoms with van der Waals surface area (Å²) < 4.78 is 0. The van der Waals surface area contributed by atoms with E-state index in [4.69, 9.17) is 5.84 Å². The van der Waals surface area contributed by atoms with Gasteiger partial charge in [0.05, 0.1) is 0 Å². The fourth-order valence-electron chi connectivity index (χ4n) is 1.38. The van der Waals surface area contributed by atoms with Crippen LogP contribution in [0.15, 0.2) is 29.3 Å². The van der Waals surface area contributed by atoms with Crippen molar-refractivity contribution in [2.45, 2.75) is 19.9 Å². The first-order chi connectivity index (χ1) is 7.54. The molecule has 0 saturated heterocycles. The zero-order valence-electron chi connectivity index (χ0n) is 10.4. The second kappa shape index (κ2) is 5.51. The van der Waals surface area contributed by atoms with Crippen LogP contribution in [-0.4, -0.2) is 26.0 Å². The predicted molar refractivity (Wildman–Crippen MR) is 69.8 cm³/mol. The van der Waals surface area contributed by atoms with Gasteiger partial charge in [-0.25, -0.2) is 5.84 Å². The third-order valence-corrected chi connectivity index (χ3v) is 2.16. The van der Waals surface area contributed by atoms with Crippen LogP contribution >= 0.6 is 0 Å². The van der Waals surface area contributed by atoms with Gasteiger partial charge in [-0.1, -0.05) is 12.1 Å². The lowest BCUT2D eigenvalue weighted by Gasteiger charge is -2.14. The summed E-state index contributed by atoms with van der Waals surface area (Å²) >= 11 is 0. The van der Waals surface area contributed by atoms with Gasteiger partial charge in [0.15, 0.2) is 0 Å². The first-order valence-electron chi connectivity index (χ1n) is 5.36. The molecular weight excluding hydrogens is 200 g/mol. The third kappa shape index (κ3) is 3.24. The van der Waals surface area contributed by atoms with Gasteiger partial charge in [0, 0.05) is 31.4 Å². The molecule has 0 unspecified atom stereocenters. The Morgan fingerprint density at radius 1 is 1.38 bits per heavy atom. The molecule has 0 heterocycles. The van der Waals surface area contributed by atoms with Crippen molar-refractivity contribution in [2.75, 3.05) is 19.0 Å². The highest BCUT2D eigenvalue weighted by Gasteiger charge is 2.04. The Hall–Kier alpha value is -1.55. The summed E-state index contributed by atoms with van der Waals surface area (Å²) in [4.78, 5) is 6.48. The molecule has 0 aliphatic carbocycles. The van der Waals surface area contributed by atoms with Crippen molar-refractivity contribution >= 4 is 11.5 Å². The topological polar surface area (TPSA) is 53.6 Å². The second-order valence-electron chi connectivity index (χ2n) is 4.16.